The molecule has 0 bridgehead atoms. The van der Waals surface area contributed by atoms with Crippen molar-refractivity contribution in [3.05, 3.63) is 22.9 Å². The first kappa shape index (κ1) is 10.8. The fourth-order valence-electron chi connectivity index (χ4n) is 0.300. The zero-order chi connectivity index (χ0) is 9.40. The summed E-state index contributed by atoms with van der Waals surface area (Å²) < 4.78 is 21.0. The molecule has 0 radical (unpaired) electrons. The van der Waals surface area contributed by atoms with Gasteiger partial charge in [-0.1, -0.05) is 16.5 Å². The van der Waals surface area contributed by atoms with Crippen LogP contribution in [0.3, 0.4) is 0 Å². The third-order valence-electron chi connectivity index (χ3n) is 0.590. The molecule has 0 aromatic carbocycles. The summed E-state index contributed by atoms with van der Waals surface area (Å²) in [6.07, 6.45) is 0. The van der Waals surface area contributed by atoms with Gasteiger partial charge in [0, 0.05) is 0 Å². The number of thiophene rings is 1. The molecule has 66 valence electrons. The van der Waals surface area contributed by atoms with Crippen LogP contribution in [0.25, 0.3) is 0 Å². The number of nitrogens with two attached hydrogens (primary N) is 1. The summed E-state index contributed by atoms with van der Waals surface area (Å²) in [5.74, 6) is 0. The van der Waals surface area contributed by atoms with Crippen LogP contribution in [-0.4, -0.2) is 14.4 Å². The maximum absolute atomic E-state index is 9.47. The van der Waals surface area contributed by atoms with E-state index in [0.717, 1.165) is 0 Å². The van der Waals surface area contributed by atoms with E-state index in [1.165, 1.54) is 0 Å². The van der Waals surface area contributed by atoms with Crippen molar-refractivity contribution >= 4 is 27.9 Å². The number of primary amides is 1. The number of carbonyl (C=O) groups is 1. The van der Waals surface area contributed by atoms with Crippen LogP contribution >= 0.6 is 11.3 Å². The standard InChI is InChI=1S/C4H4S.CH2N2O3S/c1-2-4-5-3-1;2-1(4)3-7(5)6/h1-4H;(H2,2,4). The number of rotatable bonds is 0. The highest BCUT2D eigenvalue weighted by molar-refractivity contribution is 7.62. The minimum Gasteiger partial charge on any atom is -0.349 e. The normalized spacial score (nSPS) is 7.67. The Hall–Kier alpha value is -1.21. The van der Waals surface area contributed by atoms with Crippen LogP contribution in [0.2, 0.25) is 0 Å². The van der Waals surface area contributed by atoms with Crippen LogP contribution in [0.1, 0.15) is 0 Å². The topological polar surface area (TPSA) is 89.6 Å². The molecule has 0 aliphatic rings. The Labute approximate surface area is 74.5 Å². The van der Waals surface area contributed by atoms with E-state index in [1.54, 1.807) is 11.3 Å². The number of nitrogens with zero attached hydrogens (tertiary/aromatic N) is 1. The molecule has 7 heteroatoms. The van der Waals surface area contributed by atoms with E-state index in [1.807, 2.05) is 22.9 Å². The molecule has 0 aliphatic heterocycles. The number of hydrogen-bond donors (Lipinski definition) is 1. The van der Waals surface area contributed by atoms with Crippen molar-refractivity contribution in [1.82, 2.24) is 0 Å². The molecule has 12 heavy (non-hydrogen) atoms. The molecule has 0 aliphatic carbocycles. The van der Waals surface area contributed by atoms with E-state index in [9.17, 15) is 13.2 Å². The van der Waals surface area contributed by atoms with Gasteiger partial charge >= 0.3 is 16.5 Å². The molecular weight excluding hydrogens is 200 g/mol. The third-order valence-corrected chi connectivity index (χ3v) is 1.55. The quantitative estimate of drug-likeness (QED) is 0.683. The van der Waals surface area contributed by atoms with E-state index in [2.05, 4.69) is 10.1 Å². The highest BCUT2D eigenvalue weighted by Gasteiger charge is 1.80. The van der Waals surface area contributed by atoms with Gasteiger partial charge in [-0.3, -0.25) is 0 Å². The van der Waals surface area contributed by atoms with Gasteiger partial charge in [0.1, 0.15) is 0 Å². The van der Waals surface area contributed by atoms with Crippen molar-refractivity contribution in [1.29, 1.82) is 0 Å². The summed E-state index contributed by atoms with van der Waals surface area (Å²) in [6, 6.07) is 2.84. The van der Waals surface area contributed by atoms with Crippen LogP contribution in [-0.2, 0) is 10.5 Å². The lowest BCUT2D eigenvalue weighted by Crippen LogP contribution is -2.02. The van der Waals surface area contributed by atoms with Crippen molar-refractivity contribution < 1.29 is 13.2 Å². The summed E-state index contributed by atoms with van der Waals surface area (Å²) in [7, 11) is -2.70. The average Bonchev–Trinajstić information content (AvgIpc) is 2.36. The second-order valence-corrected chi connectivity index (χ2v) is 2.87. The molecule has 0 unspecified atom stereocenters. The number of amides is 2. The first-order valence-electron chi connectivity index (χ1n) is 2.70. The van der Waals surface area contributed by atoms with E-state index in [4.69, 9.17) is 0 Å². The molecule has 0 saturated heterocycles. The SMILES string of the molecule is NC(=O)N=S(=O)=O.c1ccsc1. The molecule has 0 atom stereocenters. The maximum Gasteiger partial charge on any atom is 0.353 e. The van der Waals surface area contributed by atoms with Crippen LogP contribution < -0.4 is 5.73 Å². The molecule has 1 rings (SSSR count). The van der Waals surface area contributed by atoms with E-state index < -0.39 is 16.5 Å². The summed E-state index contributed by atoms with van der Waals surface area (Å²) in [6.45, 7) is 0. The van der Waals surface area contributed by atoms with Crippen molar-refractivity contribution in [3.8, 4) is 0 Å². The fraction of sp³-hybridized carbons (Fsp3) is 0. The van der Waals surface area contributed by atoms with Crippen molar-refractivity contribution in [3.63, 3.8) is 0 Å². The molecule has 1 heterocycles. The van der Waals surface area contributed by atoms with E-state index >= 15 is 0 Å². The Bertz CT molecular complexity index is 316. The van der Waals surface area contributed by atoms with E-state index in [-0.39, 0.29) is 0 Å². The highest BCUT2D eigenvalue weighted by Crippen LogP contribution is 1.91. The zero-order valence-corrected chi connectivity index (χ0v) is 7.51. The van der Waals surface area contributed by atoms with Gasteiger partial charge in [-0.05, 0) is 10.8 Å². The molecule has 1 aromatic rings. The van der Waals surface area contributed by atoms with Crippen molar-refractivity contribution in [2.45, 2.75) is 0 Å². The van der Waals surface area contributed by atoms with Gasteiger partial charge in [-0.15, -0.1) is 0 Å². The predicted octanol–water partition coefficient (Wildman–Crippen LogP) is 0.876. The third kappa shape index (κ3) is 8.79. The second kappa shape index (κ2) is 6.50. The van der Waals surface area contributed by atoms with Crippen molar-refractivity contribution in [2.75, 3.05) is 0 Å². The van der Waals surface area contributed by atoms with E-state index in [0.29, 0.717) is 0 Å². The fourth-order valence-corrected chi connectivity index (χ4v) is 0.901. The zero-order valence-electron chi connectivity index (χ0n) is 5.88. The molecule has 0 spiro atoms. The summed E-state index contributed by atoms with van der Waals surface area (Å²) >= 11 is 1.71. The Morgan fingerprint density at radius 3 is 1.92 bits per heavy atom. The smallest absolute Gasteiger partial charge is 0.349 e. The molecule has 0 saturated carbocycles. The number of carbonyl (C=O) groups excluding carboxylic acids is 1. The highest BCUT2D eigenvalue weighted by atomic mass is 32.2. The van der Waals surface area contributed by atoms with Crippen molar-refractivity contribution in [2.24, 2.45) is 10.1 Å². The summed E-state index contributed by atoms with van der Waals surface area (Å²) in [5.41, 5.74) is 4.29. The second-order valence-electron chi connectivity index (χ2n) is 1.44. The van der Waals surface area contributed by atoms with Crippen LogP contribution in [0, 0.1) is 0 Å². The molecule has 0 fully saturated rings. The maximum atomic E-state index is 9.47. The molecular formula is C5H6N2O3S2. The van der Waals surface area contributed by atoms with Crippen LogP contribution in [0.5, 0.6) is 0 Å². The first-order chi connectivity index (χ1) is 5.63. The number of urea groups is 1. The van der Waals surface area contributed by atoms with Gasteiger partial charge < -0.3 is 5.73 Å². The Morgan fingerprint density at radius 1 is 1.33 bits per heavy atom. The lowest BCUT2D eigenvalue weighted by atomic mass is 10.7. The Morgan fingerprint density at radius 2 is 1.83 bits per heavy atom. The van der Waals surface area contributed by atoms with Crippen LogP contribution in [0.15, 0.2) is 27.3 Å². The largest absolute Gasteiger partial charge is 0.353 e. The average molecular weight is 206 g/mol. The van der Waals surface area contributed by atoms with Gasteiger partial charge in [0.05, 0.1) is 0 Å². The lowest BCUT2D eigenvalue weighted by molar-refractivity contribution is 0.257. The number of hydrogen-bond acceptors (Lipinski definition) is 4. The van der Waals surface area contributed by atoms with Crippen LogP contribution in [0.4, 0.5) is 4.79 Å². The molecule has 2 N–H and O–H groups in total. The molecule has 2 amide bonds. The predicted molar refractivity (Wildman–Crippen MR) is 45.3 cm³/mol. The van der Waals surface area contributed by atoms with Gasteiger partial charge in [0.2, 0.25) is 0 Å². The first-order valence-corrected chi connectivity index (χ1v) is 4.68. The lowest BCUT2D eigenvalue weighted by Gasteiger charge is -1.64. The van der Waals surface area contributed by atoms with Gasteiger partial charge in [-0.25, -0.2) is 4.79 Å². The van der Waals surface area contributed by atoms with Gasteiger partial charge in [-0.2, -0.15) is 19.8 Å². The Balaban J connectivity index is 0.000000211. The molecule has 5 nitrogen and oxygen atoms in total. The summed E-state index contributed by atoms with van der Waals surface area (Å²) in [4.78, 5) is 9.47. The van der Waals surface area contributed by atoms with Gasteiger partial charge in [0.15, 0.2) is 0 Å². The minimum atomic E-state index is -2.70. The minimum absolute atomic E-state index is 1.20. The molecule has 1 aromatic heterocycles. The monoisotopic (exact) mass is 206 g/mol. The Kier molecular flexibility index (Phi) is 5.84. The summed E-state index contributed by atoms with van der Waals surface area (Å²) in [5, 5.41) is 4.08. The van der Waals surface area contributed by atoms with Gasteiger partial charge in [0.25, 0.3) is 0 Å².